The first-order valence-corrected chi connectivity index (χ1v) is 6.17. The van der Waals surface area contributed by atoms with Crippen LogP contribution in [0.2, 0.25) is 0 Å². The Kier molecular flexibility index (Phi) is 5.93. The van der Waals surface area contributed by atoms with Crippen LogP contribution in [-0.2, 0) is 4.79 Å². The van der Waals surface area contributed by atoms with E-state index in [1.54, 1.807) is 0 Å². The molecular weight excluding hydrogens is 220 g/mol. The highest BCUT2D eigenvalue weighted by atomic mass is 16.2. The first-order chi connectivity index (χ1) is 8.13. The Hall–Kier alpha value is -1.14. The van der Waals surface area contributed by atoms with E-state index in [4.69, 9.17) is 5.73 Å². The third kappa shape index (κ3) is 5.14. The van der Waals surface area contributed by atoms with E-state index in [1.807, 2.05) is 6.92 Å². The summed E-state index contributed by atoms with van der Waals surface area (Å²) >= 11 is 0. The van der Waals surface area contributed by atoms with Crippen molar-refractivity contribution < 1.29 is 9.59 Å². The predicted octanol–water partition coefficient (Wildman–Crippen LogP) is -0.355. The number of carbonyl (C=O) groups excluding carboxylic acids is 2. The second-order valence-corrected chi connectivity index (χ2v) is 4.31. The fraction of sp³-hybridized carbons (Fsp3) is 0.818. The summed E-state index contributed by atoms with van der Waals surface area (Å²) in [5.74, 6) is -0.323. The Morgan fingerprint density at radius 1 is 1.41 bits per heavy atom. The molecule has 4 N–H and O–H groups in total. The van der Waals surface area contributed by atoms with E-state index >= 15 is 0 Å². The van der Waals surface area contributed by atoms with Gasteiger partial charge in [-0.25, -0.2) is 4.79 Å². The number of carbonyl (C=O) groups is 2. The quantitative estimate of drug-likeness (QED) is 0.628. The van der Waals surface area contributed by atoms with Gasteiger partial charge in [0.25, 0.3) is 0 Å². The highest BCUT2D eigenvalue weighted by Gasteiger charge is 2.21. The minimum atomic E-state index is -0.784. The summed E-state index contributed by atoms with van der Waals surface area (Å²) in [7, 11) is 0. The molecule has 98 valence electrons. The van der Waals surface area contributed by atoms with Crippen molar-refractivity contribution in [1.29, 1.82) is 0 Å². The Morgan fingerprint density at radius 2 is 2.18 bits per heavy atom. The van der Waals surface area contributed by atoms with Crippen LogP contribution in [0.1, 0.15) is 26.2 Å². The summed E-state index contributed by atoms with van der Waals surface area (Å²) in [4.78, 5) is 24.2. The molecule has 0 saturated carbocycles. The maximum atomic E-state index is 11.5. The van der Waals surface area contributed by atoms with E-state index in [-0.39, 0.29) is 12.5 Å². The zero-order valence-electron chi connectivity index (χ0n) is 10.4. The topological polar surface area (TPSA) is 87.5 Å². The number of hydrogen-bond donors (Lipinski definition) is 3. The molecule has 1 heterocycles. The van der Waals surface area contributed by atoms with Crippen LogP contribution in [0, 0.1) is 0 Å². The van der Waals surface area contributed by atoms with Crippen molar-refractivity contribution in [1.82, 2.24) is 15.5 Å². The molecule has 0 spiro atoms. The predicted molar refractivity (Wildman–Crippen MR) is 65.5 cm³/mol. The molecular formula is C11H22N4O2. The minimum absolute atomic E-state index is 0.240. The van der Waals surface area contributed by atoms with Crippen molar-refractivity contribution in [3.63, 3.8) is 0 Å². The van der Waals surface area contributed by atoms with Crippen molar-refractivity contribution >= 4 is 11.9 Å². The van der Waals surface area contributed by atoms with E-state index in [9.17, 15) is 9.59 Å². The number of hydrogen-bond acceptors (Lipinski definition) is 4. The molecule has 0 aromatic heterocycles. The van der Waals surface area contributed by atoms with E-state index in [1.165, 1.54) is 0 Å². The summed E-state index contributed by atoms with van der Waals surface area (Å²) in [6.07, 6.45) is 3.25. The molecule has 3 amide bonds. The van der Waals surface area contributed by atoms with Gasteiger partial charge in [-0.1, -0.05) is 6.92 Å². The van der Waals surface area contributed by atoms with Gasteiger partial charge in [0.1, 0.15) is 0 Å². The van der Waals surface area contributed by atoms with Gasteiger partial charge in [0, 0.05) is 6.04 Å². The third-order valence-electron chi connectivity index (χ3n) is 3.08. The van der Waals surface area contributed by atoms with Crippen LogP contribution in [0.5, 0.6) is 0 Å². The van der Waals surface area contributed by atoms with E-state index in [0.29, 0.717) is 6.04 Å². The molecule has 1 aliphatic rings. The Bertz CT molecular complexity index is 262. The fourth-order valence-electron chi connectivity index (χ4n) is 2.23. The van der Waals surface area contributed by atoms with Crippen molar-refractivity contribution in [2.24, 2.45) is 5.73 Å². The SMILES string of the molecule is CCN(CC(=O)NC(N)=O)C1CCCNCC1. The number of nitrogens with two attached hydrogens (primary N) is 1. The first-order valence-electron chi connectivity index (χ1n) is 6.17. The van der Waals surface area contributed by atoms with Crippen LogP contribution >= 0.6 is 0 Å². The van der Waals surface area contributed by atoms with Crippen LogP contribution in [0.4, 0.5) is 4.79 Å². The Balaban J connectivity index is 2.45. The van der Waals surface area contributed by atoms with Crippen LogP contribution in [0.3, 0.4) is 0 Å². The zero-order chi connectivity index (χ0) is 12.7. The van der Waals surface area contributed by atoms with Gasteiger partial charge in [0.05, 0.1) is 6.54 Å². The number of amides is 3. The lowest BCUT2D eigenvalue weighted by molar-refractivity contribution is -0.121. The van der Waals surface area contributed by atoms with Crippen molar-refractivity contribution in [2.75, 3.05) is 26.2 Å². The van der Waals surface area contributed by atoms with Crippen LogP contribution < -0.4 is 16.4 Å². The number of imide groups is 1. The smallest absolute Gasteiger partial charge is 0.318 e. The Labute approximate surface area is 102 Å². The van der Waals surface area contributed by atoms with Crippen LogP contribution in [0.15, 0.2) is 0 Å². The lowest BCUT2D eigenvalue weighted by atomic mass is 10.1. The number of likely N-dealkylation sites (N-methyl/N-ethyl adjacent to an activating group) is 1. The van der Waals surface area contributed by atoms with E-state index < -0.39 is 6.03 Å². The van der Waals surface area contributed by atoms with Gasteiger partial charge < -0.3 is 11.1 Å². The summed E-state index contributed by atoms with van der Waals surface area (Å²) in [5.41, 5.74) is 4.91. The second-order valence-electron chi connectivity index (χ2n) is 4.31. The monoisotopic (exact) mass is 242 g/mol. The van der Waals surface area contributed by atoms with Crippen molar-refractivity contribution in [2.45, 2.75) is 32.2 Å². The molecule has 17 heavy (non-hydrogen) atoms. The van der Waals surface area contributed by atoms with Crippen LogP contribution in [0.25, 0.3) is 0 Å². The summed E-state index contributed by atoms with van der Waals surface area (Å²) in [6.45, 7) is 5.09. The molecule has 1 fully saturated rings. The van der Waals surface area contributed by atoms with Crippen LogP contribution in [-0.4, -0.2) is 49.1 Å². The second kappa shape index (κ2) is 7.24. The lowest BCUT2D eigenvalue weighted by Gasteiger charge is -2.28. The molecule has 1 saturated heterocycles. The molecule has 1 aliphatic heterocycles. The lowest BCUT2D eigenvalue weighted by Crippen LogP contribution is -2.46. The molecule has 0 aliphatic carbocycles. The van der Waals surface area contributed by atoms with Gasteiger partial charge in [-0.3, -0.25) is 15.0 Å². The average Bonchev–Trinajstić information content (AvgIpc) is 2.53. The van der Waals surface area contributed by atoms with E-state index in [0.717, 1.165) is 38.9 Å². The van der Waals surface area contributed by atoms with E-state index in [2.05, 4.69) is 15.5 Å². The largest absolute Gasteiger partial charge is 0.351 e. The molecule has 6 heteroatoms. The highest BCUT2D eigenvalue weighted by Crippen LogP contribution is 2.12. The first kappa shape index (κ1) is 13.9. The average molecular weight is 242 g/mol. The van der Waals surface area contributed by atoms with Gasteiger partial charge in [-0.15, -0.1) is 0 Å². The zero-order valence-corrected chi connectivity index (χ0v) is 10.4. The molecule has 0 aromatic carbocycles. The third-order valence-corrected chi connectivity index (χ3v) is 3.08. The molecule has 1 unspecified atom stereocenters. The standard InChI is InChI=1S/C11H22N4O2/c1-2-15(8-10(16)14-11(12)17)9-4-3-6-13-7-5-9/h9,13H,2-8H2,1H3,(H3,12,14,16,17). The van der Waals surface area contributed by atoms with Crippen molar-refractivity contribution in [3.8, 4) is 0 Å². The summed E-state index contributed by atoms with van der Waals surface area (Å²) in [5, 5.41) is 5.45. The maximum Gasteiger partial charge on any atom is 0.318 e. The number of nitrogens with one attached hydrogen (secondary N) is 2. The number of nitrogens with zero attached hydrogens (tertiary/aromatic N) is 1. The molecule has 0 aromatic rings. The maximum absolute atomic E-state index is 11.5. The number of primary amides is 1. The van der Waals surface area contributed by atoms with Gasteiger partial charge in [-0.2, -0.15) is 0 Å². The number of rotatable bonds is 4. The van der Waals surface area contributed by atoms with Gasteiger partial charge >= 0.3 is 6.03 Å². The fourth-order valence-corrected chi connectivity index (χ4v) is 2.23. The number of urea groups is 1. The highest BCUT2D eigenvalue weighted by molar-refractivity contribution is 5.94. The minimum Gasteiger partial charge on any atom is -0.351 e. The molecule has 0 bridgehead atoms. The van der Waals surface area contributed by atoms with Gasteiger partial charge in [0.2, 0.25) is 5.91 Å². The van der Waals surface area contributed by atoms with Gasteiger partial charge in [0.15, 0.2) is 0 Å². The molecule has 1 rings (SSSR count). The summed E-state index contributed by atoms with van der Waals surface area (Å²) < 4.78 is 0. The summed E-state index contributed by atoms with van der Waals surface area (Å²) in [6, 6.07) is -0.373. The molecule has 1 atom stereocenters. The van der Waals surface area contributed by atoms with Crippen molar-refractivity contribution in [3.05, 3.63) is 0 Å². The van der Waals surface area contributed by atoms with Gasteiger partial charge in [-0.05, 0) is 38.9 Å². The normalized spacial score (nSPS) is 20.9. The Morgan fingerprint density at radius 3 is 2.82 bits per heavy atom. The molecule has 0 radical (unpaired) electrons. The molecule has 6 nitrogen and oxygen atoms in total.